The standard InChI is InChI=1S/C8H10N2O2.ClH/c9-8-6(4-5-11)2-1-3-7(8)10-12;/h1-3,11H,4-5,9H2;1H. The lowest BCUT2D eigenvalue weighted by atomic mass is 10.1. The number of nitrogens with two attached hydrogens (primary N) is 1. The zero-order valence-corrected chi connectivity index (χ0v) is 7.75. The Morgan fingerprint density at radius 2 is 2.15 bits per heavy atom. The van der Waals surface area contributed by atoms with Gasteiger partial charge in [-0.05, 0) is 23.2 Å². The van der Waals surface area contributed by atoms with Gasteiger partial charge in [0.25, 0.3) is 0 Å². The van der Waals surface area contributed by atoms with Crippen LogP contribution in [-0.4, -0.2) is 11.7 Å². The summed E-state index contributed by atoms with van der Waals surface area (Å²) in [7, 11) is 0. The smallest absolute Gasteiger partial charge is 0.131 e. The lowest BCUT2D eigenvalue weighted by molar-refractivity contribution is 0.300. The Labute approximate surface area is 82.1 Å². The van der Waals surface area contributed by atoms with Crippen LogP contribution in [0.2, 0.25) is 0 Å². The van der Waals surface area contributed by atoms with Crippen molar-refractivity contribution in [2.75, 3.05) is 12.3 Å². The summed E-state index contributed by atoms with van der Waals surface area (Å²) in [4.78, 5) is 10.2. The number of nitroso groups, excluding NO2 is 1. The molecule has 0 aliphatic carbocycles. The van der Waals surface area contributed by atoms with Crippen molar-refractivity contribution in [3.63, 3.8) is 0 Å². The predicted molar refractivity (Wildman–Crippen MR) is 54.3 cm³/mol. The molecule has 0 saturated heterocycles. The predicted octanol–water partition coefficient (Wildman–Crippen LogP) is 1.62. The second kappa shape index (κ2) is 5.50. The minimum absolute atomic E-state index is 0. The molecule has 0 saturated carbocycles. The van der Waals surface area contributed by atoms with E-state index in [1.54, 1.807) is 18.2 Å². The molecule has 0 fully saturated rings. The number of aliphatic hydroxyl groups is 1. The summed E-state index contributed by atoms with van der Waals surface area (Å²) in [6, 6.07) is 5.00. The maximum atomic E-state index is 10.2. The van der Waals surface area contributed by atoms with E-state index in [2.05, 4.69) is 5.18 Å². The fraction of sp³-hybridized carbons (Fsp3) is 0.250. The monoisotopic (exact) mass is 202 g/mol. The number of hydrogen-bond acceptors (Lipinski definition) is 4. The van der Waals surface area contributed by atoms with E-state index in [9.17, 15) is 4.91 Å². The van der Waals surface area contributed by atoms with Gasteiger partial charge in [-0.15, -0.1) is 17.3 Å². The zero-order valence-electron chi connectivity index (χ0n) is 6.93. The Hall–Kier alpha value is -1.13. The van der Waals surface area contributed by atoms with Crippen LogP contribution < -0.4 is 5.73 Å². The molecule has 0 heterocycles. The molecule has 72 valence electrons. The van der Waals surface area contributed by atoms with Crippen molar-refractivity contribution < 1.29 is 5.11 Å². The van der Waals surface area contributed by atoms with Crippen molar-refractivity contribution in [2.45, 2.75) is 6.42 Å². The Bertz CT molecular complexity index is 291. The SMILES string of the molecule is Cl.Nc1c(CCO)cccc1N=O. The van der Waals surface area contributed by atoms with Crippen molar-refractivity contribution >= 4 is 23.8 Å². The number of nitrogens with zero attached hydrogens (tertiary/aromatic N) is 1. The summed E-state index contributed by atoms with van der Waals surface area (Å²) in [6.07, 6.45) is 0.454. The summed E-state index contributed by atoms with van der Waals surface area (Å²) in [5.74, 6) is 0. The van der Waals surface area contributed by atoms with E-state index in [0.717, 1.165) is 5.56 Å². The highest BCUT2D eigenvalue weighted by Crippen LogP contribution is 2.25. The minimum atomic E-state index is 0. The highest BCUT2D eigenvalue weighted by molar-refractivity contribution is 5.85. The van der Waals surface area contributed by atoms with Crippen LogP contribution in [0.1, 0.15) is 5.56 Å². The van der Waals surface area contributed by atoms with E-state index in [1.165, 1.54) is 0 Å². The van der Waals surface area contributed by atoms with E-state index in [0.29, 0.717) is 12.1 Å². The molecule has 1 aromatic rings. The molecular weight excluding hydrogens is 192 g/mol. The molecule has 0 bridgehead atoms. The molecule has 0 aliphatic heterocycles. The van der Waals surface area contributed by atoms with E-state index in [4.69, 9.17) is 10.8 Å². The third kappa shape index (κ3) is 2.68. The number of para-hydroxylation sites is 1. The molecule has 0 spiro atoms. The van der Waals surface area contributed by atoms with E-state index in [1.807, 2.05) is 0 Å². The summed E-state index contributed by atoms with van der Waals surface area (Å²) in [5, 5.41) is 11.4. The largest absolute Gasteiger partial charge is 0.397 e. The van der Waals surface area contributed by atoms with Crippen molar-refractivity contribution in [3.05, 3.63) is 28.7 Å². The summed E-state index contributed by atoms with van der Waals surface area (Å²) >= 11 is 0. The van der Waals surface area contributed by atoms with Crippen molar-refractivity contribution in [3.8, 4) is 0 Å². The average molecular weight is 203 g/mol. The molecule has 0 aromatic heterocycles. The number of hydrogen-bond donors (Lipinski definition) is 2. The Morgan fingerprint density at radius 1 is 1.46 bits per heavy atom. The second-order valence-corrected chi connectivity index (χ2v) is 2.41. The highest BCUT2D eigenvalue weighted by atomic mass is 35.5. The van der Waals surface area contributed by atoms with Gasteiger partial charge in [-0.1, -0.05) is 12.1 Å². The summed E-state index contributed by atoms with van der Waals surface area (Å²) in [5.41, 5.74) is 6.93. The molecule has 4 nitrogen and oxygen atoms in total. The van der Waals surface area contributed by atoms with Crippen LogP contribution >= 0.6 is 12.4 Å². The fourth-order valence-electron chi connectivity index (χ4n) is 1.02. The van der Waals surface area contributed by atoms with Crippen LogP contribution in [0, 0.1) is 4.91 Å². The van der Waals surface area contributed by atoms with Gasteiger partial charge in [0.1, 0.15) is 5.69 Å². The molecule has 13 heavy (non-hydrogen) atoms. The Kier molecular flexibility index (Phi) is 5.03. The molecule has 0 radical (unpaired) electrons. The minimum Gasteiger partial charge on any atom is -0.397 e. The lowest BCUT2D eigenvalue weighted by Crippen LogP contribution is -1.97. The molecule has 0 atom stereocenters. The van der Waals surface area contributed by atoms with Gasteiger partial charge in [0.15, 0.2) is 0 Å². The first kappa shape index (κ1) is 11.9. The summed E-state index contributed by atoms with van der Waals surface area (Å²) in [6.45, 7) is 0.0203. The van der Waals surface area contributed by atoms with Crippen molar-refractivity contribution in [1.29, 1.82) is 0 Å². The number of anilines is 1. The molecule has 0 aliphatic rings. The third-order valence-electron chi connectivity index (χ3n) is 1.65. The van der Waals surface area contributed by atoms with Crippen molar-refractivity contribution in [2.24, 2.45) is 5.18 Å². The molecule has 3 N–H and O–H groups in total. The van der Waals surface area contributed by atoms with E-state index >= 15 is 0 Å². The van der Waals surface area contributed by atoms with Crippen LogP contribution in [0.25, 0.3) is 0 Å². The molecule has 0 amide bonds. The first-order valence-corrected chi connectivity index (χ1v) is 3.61. The van der Waals surface area contributed by atoms with E-state index in [-0.39, 0.29) is 24.7 Å². The normalized spacial score (nSPS) is 9.00. The molecule has 5 heteroatoms. The van der Waals surface area contributed by atoms with Gasteiger partial charge in [-0.3, -0.25) is 0 Å². The first-order chi connectivity index (χ1) is 5.79. The number of rotatable bonds is 3. The third-order valence-corrected chi connectivity index (χ3v) is 1.65. The van der Waals surface area contributed by atoms with Crippen molar-refractivity contribution in [1.82, 2.24) is 0 Å². The highest BCUT2D eigenvalue weighted by Gasteiger charge is 2.03. The number of aliphatic hydroxyl groups excluding tert-OH is 1. The molecule has 0 unspecified atom stereocenters. The van der Waals surface area contributed by atoms with Gasteiger partial charge >= 0.3 is 0 Å². The summed E-state index contributed by atoms with van der Waals surface area (Å²) < 4.78 is 0. The maximum absolute atomic E-state index is 10.2. The van der Waals surface area contributed by atoms with Crippen LogP contribution in [-0.2, 0) is 6.42 Å². The van der Waals surface area contributed by atoms with E-state index < -0.39 is 0 Å². The topological polar surface area (TPSA) is 75.7 Å². The lowest BCUT2D eigenvalue weighted by Gasteiger charge is -2.03. The number of nitrogen functional groups attached to an aromatic ring is 1. The van der Waals surface area contributed by atoms with Gasteiger partial charge in [0, 0.05) is 6.61 Å². The van der Waals surface area contributed by atoms with Crippen LogP contribution in [0.15, 0.2) is 23.4 Å². The second-order valence-electron chi connectivity index (χ2n) is 2.41. The van der Waals surface area contributed by atoms with Crippen LogP contribution in [0.3, 0.4) is 0 Å². The van der Waals surface area contributed by atoms with Crippen LogP contribution in [0.5, 0.6) is 0 Å². The van der Waals surface area contributed by atoms with Gasteiger partial charge in [-0.25, -0.2) is 0 Å². The fourth-order valence-corrected chi connectivity index (χ4v) is 1.02. The van der Waals surface area contributed by atoms with Gasteiger partial charge in [0.2, 0.25) is 0 Å². The Morgan fingerprint density at radius 3 is 2.69 bits per heavy atom. The van der Waals surface area contributed by atoms with Gasteiger partial charge < -0.3 is 10.8 Å². The van der Waals surface area contributed by atoms with Gasteiger partial charge in [0.05, 0.1) is 5.69 Å². The molecular formula is C8H11ClN2O2. The first-order valence-electron chi connectivity index (χ1n) is 3.61. The average Bonchev–Trinajstić information content (AvgIpc) is 2.09. The van der Waals surface area contributed by atoms with Crippen LogP contribution in [0.4, 0.5) is 11.4 Å². The zero-order chi connectivity index (χ0) is 8.97. The quantitative estimate of drug-likeness (QED) is 0.578. The number of benzene rings is 1. The molecule has 1 rings (SSSR count). The van der Waals surface area contributed by atoms with Gasteiger partial charge in [-0.2, -0.15) is 0 Å². The maximum Gasteiger partial charge on any atom is 0.131 e. The Balaban J connectivity index is 0.00000144. The molecule has 1 aromatic carbocycles. The number of halogens is 1.